The highest BCUT2D eigenvalue weighted by Crippen LogP contribution is 2.15. The van der Waals surface area contributed by atoms with Gasteiger partial charge in [0.25, 0.3) is 0 Å². The van der Waals surface area contributed by atoms with Gasteiger partial charge in [-0.3, -0.25) is 5.41 Å². The Balaban J connectivity index is 0. The van der Waals surface area contributed by atoms with E-state index in [-0.39, 0.29) is 5.92 Å². The zero-order chi connectivity index (χ0) is 15.3. The predicted octanol–water partition coefficient (Wildman–Crippen LogP) is 3.69. The van der Waals surface area contributed by atoms with Crippen LogP contribution in [0.2, 0.25) is 0 Å². The standard InChI is InChI=1S/C14H27N3.C2H6/c1-6-8-13(7-2)11-12(3)14(15)17(5)10-9-16-4;1-2/h6-8,12,15-16H,9-11H2,1-5H3;1-2H3/b8-6-,13-7+,15-14?;. The second-order valence-electron chi connectivity index (χ2n) is 4.38. The van der Waals surface area contributed by atoms with Gasteiger partial charge in [0.2, 0.25) is 0 Å². The smallest absolute Gasteiger partial charge is 0.0987 e. The fourth-order valence-electron chi connectivity index (χ4n) is 1.72. The number of hydrogen-bond donors (Lipinski definition) is 2. The molecule has 0 spiro atoms. The lowest BCUT2D eigenvalue weighted by atomic mass is 9.99. The summed E-state index contributed by atoms with van der Waals surface area (Å²) in [4.78, 5) is 2.02. The second-order valence-corrected chi connectivity index (χ2v) is 4.38. The van der Waals surface area contributed by atoms with Crippen LogP contribution in [0.1, 0.15) is 41.0 Å². The SMILES string of the molecule is C/C=C\C(=C/C)CC(C)C(=N)N(C)CCNC.CC. The van der Waals surface area contributed by atoms with Crippen LogP contribution in [0.3, 0.4) is 0 Å². The first-order valence-corrected chi connectivity index (χ1v) is 7.28. The van der Waals surface area contributed by atoms with Gasteiger partial charge in [-0.1, -0.05) is 44.6 Å². The normalized spacial score (nSPS) is 12.9. The number of likely N-dealkylation sites (N-methyl/N-ethyl adjacent to an activating group) is 2. The van der Waals surface area contributed by atoms with Gasteiger partial charge in [0.1, 0.15) is 0 Å². The van der Waals surface area contributed by atoms with E-state index in [1.54, 1.807) is 0 Å². The largest absolute Gasteiger partial charge is 0.362 e. The number of allylic oxidation sites excluding steroid dienone is 4. The molecule has 112 valence electrons. The Kier molecular flexibility index (Phi) is 14.2. The van der Waals surface area contributed by atoms with Crippen molar-refractivity contribution in [1.29, 1.82) is 5.41 Å². The van der Waals surface area contributed by atoms with Crippen LogP contribution in [0.15, 0.2) is 23.8 Å². The van der Waals surface area contributed by atoms with Crippen LogP contribution in [-0.2, 0) is 0 Å². The van der Waals surface area contributed by atoms with Gasteiger partial charge in [-0.25, -0.2) is 0 Å². The molecule has 0 saturated carbocycles. The van der Waals surface area contributed by atoms with Crippen molar-refractivity contribution in [2.75, 3.05) is 27.2 Å². The highest BCUT2D eigenvalue weighted by Gasteiger charge is 2.13. The van der Waals surface area contributed by atoms with Gasteiger partial charge < -0.3 is 10.2 Å². The van der Waals surface area contributed by atoms with Crippen LogP contribution in [-0.4, -0.2) is 37.9 Å². The van der Waals surface area contributed by atoms with E-state index in [4.69, 9.17) is 5.41 Å². The van der Waals surface area contributed by atoms with Crippen LogP contribution in [0.25, 0.3) is 0 Å². The molecule has 19 heavy (non-hydrogen) atoms. The molecule has 0 aromatic heterocycles. The highest BCUT2D eigenvalue weighted by molar-refractivity contribution is 5.81. The van der Waals surface area contributed by atoms with E-state index in [0.717, 1.165) is 19.5 Å². The summed E-state index contributed by atoms with van der Waals surface area (Å²) in [6, 6.07) is 0. The molecule has 0 saturated heterocycles. The lowest BCUT2D eigenvalue weighted by molar-refractivity contribution is 0.460. The molecule has 0 rings (SSSR count). The molecule has 3 nitrogen and oxygen atoms in total. The minimum atomic E-state index is 0.263. The summed E-state index contributed by atoms with van der Waals surface area (Å²) in [6.07, 6.45) is 7.23. The van der Waals surface area contributed by atoms with Gasteiger partial charge in [-0.05, 0) is 27.3 Å². The molecule has 1 unspecified atom stereocenters. The molecule has 0 bridgehead atoms. The van der Waals surface area contributed by atoms with E-state index in [1.807, 2.05) is 39.8 Å². The van der Waals surface area contributed by atoms with Crippen molar-refractivity contribution >= 4 is 5.84 Å². The monoisotopic (exact) mass is 267 g/mol. The van der Waals surface area contributed by atoms with Crippen molar-refractivity contribution in [3.8, 4) is 0 Å². The number of hydrogen-bond acceptors (Lipinski definition) is 2. The zero-order valence-electron chi connectivity index (χ0n) is 13.9. The first-order valence-electron chi connectivity index (χ1n) is 7.28. The van der Waals surface area contributed by atoms with Crippen LogP contribution < -0.4 is 5.32 Å². The van der Waals surface area contributed by atoms with E-state index >= 15 is 0 Å². The van der Waals surface area contributed by atoms with Crippen LogP contribution in [0, 0.1) is 11.3 Å². The van der Waals surface area contributed by atoms with Crippen molar-refractivity contribution in [3.63, 3.8) is 0 Å². The van der Waals surface area contributed by atoms with E-state index < -0.39 is 0 Å². The molecule has 0 radical (unpaired) electrons. The minimum Gasteiger partial charge on any atom is -0.362 e. The minimum absolute atomic E-state index is 0.263. The van der Waals surface area contributed by atoms with E-state index in [0.29, 0.717) is 5.84 Å². The van der Waals surface area contributed by atoms with Crippen molar-refractivity contribution in [1.82, 2.24) is 10.2 Å². The zero-order valence-corrected chi connectivity index (χ0v) is 13.9. The third-order valence-corrected chi connectivity index (χ3v) is 2.87. The fourth-order valence-corrected chi connectivity index (χ4v) is 1.72. The van der Waals surface area contributed by atoms with Gasteiger partial charge in [0, 0.05) is 26.1 Å². The Morgan fingerprint density at radius 1 is 1.32 bits per heavy atom. The average molecular weight is 267 g/mol. The maximum absolute atomic E-state index is 8.13. The predicted molar refractivity (Wildman–Crippen MR) is 88.0 cm³/mol. The van der Waals surface area contributed by atoms with Gasteiger partial charge in [-0.15, -0.1) is 0 Å². The number of nitrogens with zero attached hydrogens (tertiary/aromatic N) is 1. The maximum atomic E-state index is 8.13. The molecule has 0 aromatic rings. The lowest BCUT2D eigenvalue weighted by Gasteiger charge is -2.24. The summed E-state index contributed by atoms with van der Waals surface area (Å²) in [6.45, 7) is 12.0. The summed E-state index contributed by atoms with van der Waals surface area (Å²) in [5, 5.41) is 11.2. The van der Waals surface area contributed by atoms with E-state index in [2.05, 4.69) is 37.4 Å². The summed E-state index contributed by atoms with van der Waals surface area (Å²) in [5.41, 5.74) is 1.30. The lowest BCUT2D eigenvalue weighted by Crippen LogP contribution is -2.35. The van der Waals surface area contributed by atoms with Crippen LogP contribution >= 0.6 is 0 Å². The number of rotatable bonds is 7. The first-order chi connectivity index (χ1) is 9.06. The quantitative estimate of drug-likeness (QED) is 0.419. The Bertz CT molecular complexity index is 280. The van der Waals surface area contributed by atoms with Crippen LogP contribution in [0.5, 0.6) is 0 Å². The summed E-state index contributed by atoms with van der Waals surface area (Å²) in [7, 11) is 3.92. The van der Waals surface area contributed by atoms with E-state index in [9.17, 15) is 0 Å². The molecule has 0 fully saturated rings. The van der Waals surface area contributed by atoms with Crippen molar-refractivity contribution in [3.05, 3.63) is 23.8 Å². The Hall–Kier alpha value is -1.09. The Morgan fingerprint density at radius 2 is 1.89 bits per heavy atom. The van der Waals surface area contributed by atoms with Crippen molar-refractivity contribution in [2.24, 2.45) is 5.92 Å². The molecule has 0 aliphatic carbocycles. The van der Waals surface area contributed by atoms with Gasteiger partial charge >= 0.3 is 0 Å². The van der Waals surface area contributed by atoms with Gasteiger partial charge in [-0.2, -0.15) is 0 Å². The third kappa shape index (κ3) is 9.48. The molecule has 2 N–H and O–H groups in total. The van der Waals surface area contributed by atoms with Crippen molar-refractivity contribution < 1.29 is 0 Å². The highest BCUT2D eigenvalue weighted by atomic mass is 15.1. The summed E-state index contributed by atoms with van der Waals surface area (Å²) in [5.74, 6) is 0.975. The molecule has 1 atom stereocenters. The number of nitrogens with one attached hydrogen (secondary N) is 2. The Morgan fingerprint density at radius 3 is 2.32 bits per heavy atom. The average Bonchev–Trinajstić information content (AvgIpc) is 2.45. The van der Waals surface area contributed by atoms with Gasteiger partial charge in [0.05, 0.1) is 5.84 Å². The third-order valence-electron chi connectivity index (χ3n) is 2.87. The molecule has 3 heteroatoms. The molecule has 0 aromatic carbocycles. The topological polar surface area (TPSA) is 39.1 Å². The summed E-state index contributed by atoms with van der Waals surface area (Å²) >= 11 is 0. The first kappa shape index (κ1) is 20.2. The van der Waals surface area contributed by atoms with Gasteiger partial charge in [0.15, 0.2) is 0 Å². The Labute approximate surface area is 120 Å². The summed E-state index contributed by atoms with van der Waals surface area (Å²) < 4.78 is 0. The maximum Gasteiger partial charge on any atom is 0.0987 e. The molecular formula is C16H33N3. The van der Waals surface area contributed by atoms with Crippen molar-refractivity contribution in [2.45, 2.75) is 41.0 Å². The molecule has 0 aliphatic heterocycles. The van der Waals surface area contributed by atoms with E-state index in [1.165, 1.54) is 5.57 Å². The molecular weight excluding hydrogens is 234 g/mol. The molecule has 0 heterocycles. The molecule has 0 aliphatic rings. The molecule has 0 amide bonds. The van der Waals surface area contributed by atoms with Crippen LogP contribution in [0.4, 0.5) is 0 Å². The second kappa shape index (κ2) is 13.3. The number of amidine groups is 1. The fraction of sp³-hybridized carbons (Fsp3) is 0.688.